The lowest BCUT2D eigenvalue weighted by molar-refractivity contribution is 0.186. The molecular formula is C12H15N3O. The zero-order valence-electron chi connectivity index (χ0n) is 9.39. The van der Waals surface area contributed by atoms with E-state index in [0.717, 1.165) is 32.0 Å². The van der Waals surface area contributed by atoms with Crippen molar-refractivity contribution < 1.29 is 4.74 Å². The van der Waals surface area contributed by atoms with E-state index in [-0.39, 0.29) is 0 Å². The molecule has 0 spiro atoms. The minimum Gasteiger partial charge on any atom is -0.381 e. The first-order valence-corrected chi connectivity index (χ1v) is 5.45. The molecule has 1 saturated heterocycles. The van der Waals surface area contributed by atoms with E-state index in [1.807, 2.05) is 11.9 Å². The average Bonchev–Trinajstić information content (AvgIpc) is 2.81. The van der Waals surface area contributed by atoms with Gasteiger partial charge in [-0.15, -0.1) is 0 Å². The van der Waals surface area contributed by atoms with Crippen LogP contribution in [0.2, 0.25) is 0 Å². The molecule has 1 aromatic rings. The summed E-state index contributed by atoms with van der Waals surface area (Å²) < 4.78 is 5.34. The Labute approximate surface area is 95.5 Å². The van der Waals surface area contributed by atoms with Gasteiger partial charge in [0, 0.05) is 32.3 Å². The highest BCUT2D eigenvalue weighted by Crippen LogP contribution is 2.19. The molecule has 2 heterocycles. The Balaban J connectivity index is 2.08. The number of ether oxygens (including phenoxy) is 1. The van der Waals surface area contributed by atoms with Crippen LogP contribution in [0.5, 0.6) is 0 Å². The van der Waals surface area contributed by atoms with Crippen LogP contribution in [0.4, 0.5) is 5.82 Å². The Morgan fingerprint density at radius 3 is 3.25 bits per heavy atom. The third-order valence-electron chi connectivity index (χ3n) is 2.82. The quantitative estimate of drug-likeness (QED) is 0.768. The third-order valence-corrected chi connectivity index (χ3v) is 2.82. The van der Waals surface area contributed by atoms with Crippen molar-refractivity contribution in [3.05, 3.63) is 23.9 Å². The first-order chi connectivity index (χ1) is 7.81. The van der Waals surface area contributed by atoms with Crippen LogP contribution in [-0.4, -0.2) is 31.8 Å². The van der Waals surface area contributed by atoms with Crippen LogP contribution in [0.3, 0.4) is 0 Å². The molecule has 1 atom stereocenters. The first-order valence-electron chi connectivity index (χ1n) is 5.45. The second kappa shape index (κ2) is 4.95. The zero-order chi connectivity index (χ0) is 11.4. The fourth-order valence-corrected chi connectivity index (χ4v) is 1.99. The molecule has 1 aromatic heterocycles. The minimum absolute atomic E-state index is 0.554. The van der Waals surface area contributed by atoms with E-state index < -0.39 is 0 Å². The van der Waals surface area contributed by atoms with E-state index in [2.05, 4.69) is 11.1 Å². The van der Waals surface area contributed by atoms with Gasteiger partial charge < -0.3 is 9.64 Å². The van der Waals surface area contributed by atoms with Crippen molar-refractivity contribution in [1.29, 1.82) is 5.26 Å². The fraction of sp³-hybridized carbons (Fsp3) is 0.500. The van der Waals surface area contributed by atoms with Gasteiger partial charge in [-0.25, -0.2) is 4.98 Å². The molecule has 0 bridgehead atoms. The maximum atomic E-state index is 8.99. The summed E-state index contributed by atoms with van der Waals surface area (Å²) in [5, 5.41) is 8.99. The van der Waals surface area contributed by atoms with Crippen LogP contribution < -0.4 is 4.90 Å². The van der Waals surface area contributed by atoms with Gasteiger partial charge in [0.05, 0.1) is 12.2 Å². The lowest BCUT2D eigenvalue weighted by Crippen LogP contribution is -2.27. The maximum absolute atomic E-state index is 8.99. The number of anilines is 1. The summed E-state index contributed by atoms with van der Waals surface area (Å²) in [5.74, 6) is 1.32. The van der Waals surface area contributed by atoms with E-state index in [9.17, 15) is 0 Å². The molecule has 84 valence electrons. The number of nitrogens with zero attached hydrogens (tertiary/aromatic N) is 3. The third kappa shape index (κ3) is 2.31. The van der Waals surface area contributed by atoms with Crippen molar-refractivity contribution in [3.63, 3.8) is 0 Å². The van der Waals surface area contributed by atoms with Gasteiger partial charge in [0.2, 0.25) is 0 Å². The normalized spacial score (nSPS) is 19.4. The first kappa shape index (κ1) is 10.9. The van der Waals surface area contributed by atoms with Crippen molar-refractivity contribution in [3.8, 4) is 6.07 Å². The van der Waals surface area contributed by atoms with Gasteiger partial charge in [0.15, 0.2) is 0 Å². The summed E-state index contributed by atoms with van der Waals surface area (Å²) in [6.45, 7) is 2.57. The number of rotatable bonds is 3. The molecule has 0 N–H and O–H groups in total. The van der Waals surface area contributed by atoms with Crippen LogP contribution in [-0.2, 0) is 4.74 Å². The highest BCUT2D eigenvalue weighted by Gasteiger charge is 2.19. The number of pyridine rings is 1. The van der Waals surface area contributed by atoms with Gasteiger partial charge in [0.1, 0.15) is 11.9 Å². The highest BCUT2D eigenvalue weighted by molar-refractivity contribution is 5.52. The van der Waals surface area contributed by atoms with E-state index in [4.69, 9.17) is 10.00 Å². The molecule has 1 aliphatic heterocycles. The molecule has 4 heteroatoms. The number of aromatic nitrogens is 1. The smallest absolute Gasteiger partial charge is 0.146 e. The van der Waals surface area contributed by atoms with Crippen LogP contribution in [0, 0.1) is 17.2 Å². The number of hydrogen-bond acceptors (Lipinski definition) is 4. The molecule has 0 unspecified atom stereocenters. The predicted molar refractivity (Wildman–Crippen MR) is 61.1 cm³/mol. The summed E-state index contributed by atoms with van der Waals surface area (Å²) in [6, 6.07) is 5.75. The summed E-state index contributed by atoms with van der Waals surface area (Å²) in [4.78, 5) is 6.29. The summed E-state index contributed by atoms with van der Waals surface area (Å²) in [7, 11) is 1.97. The maximum Gasteiger partial charge on any atom is 0.146 e. The molecule has 4 nitrogen and oxygen atoms in total. The van der Waals surface area contributed by atoms with Crippen molar-refractivity contribution in [1.82, 2.24) is 4.98 Å². The lowest BCUT2D eigenvalue weighted by atomic mass is 10.1. The summed E-state index contributed by atoms with van der Waals surface area (Å²) >= 11 is 0. The number of nitriles is 1. The molecule has 0 saturated carbocycles. The molecule has 1 aliphatic rings. The Kier molecular flexibility index (Phi) is 3.37. The number of hydrogen-bond donors (Lipinski definition) is 0. The second-order valence-electron chi connectivity index (χ2n) is 4.10. The SMILES string of the molecule is CN(C[C@@H]1CCOC1)c1ncccc1C#N. The van der Waals surface area contributed by atoms with E-state index in [1.54, 1.807) is 18.3 Å². The van der Waals surface area contributed by atoms with E-state index >= 15 is 0 Å². The zero-order valence-corrected chi connectivity index (χ0v) is 9.39. The summed E-state index contributed by atoms with van der Waals surface area (Å²) in [5.41, 5.74) is 0.629. The standard InChI is InChI=1S/C12H15N3O/c1-15(8-10-4-6-16-9-10)12-11(7-13)3-2-5-14-12/h2-3,5,10H,4,6,8-9H2,1H3/t10-/m0/s1. The van der Waals surface area contributed by atoms with E-state index in [0.29, 0.717) is 11.5 Å². The van der Waals surface area contributed by atoms with Gasteiger partial charge >= 0.3 is 0 Å². The van der Waals surface area contributed by atoms with Gasteiger partial charge in [-0.1, -0.05) is 0 Å². The molecular weight excluding hydrogens is 202 g/mol. The van der Waals surface area contributed by atoms with E-state index in [1.165, 1.54) is 0 Å². The molecule has 16 heavy (non-hydrogen) atoms. The Morgan fingerprint density at radius 2 is 2.56 bits per heavy atom. The second-order valence-corrected chi connectivity index (χ2v) is 4.10. The molecule has 2 rings (SSSR count). The van der Waals surface area contributed by atoms with Gasteiger partial charge in [-0.3, -0.25) is 0 Å². The molecule has 0 aliphatic carbocycles. The van der Waals surface area contributed by atoms with Crippen molar-refractivity contribution in [2.24, 2.45) is 5.92 Å². The summed E-state index contributed by atoms with van der Waals surface area (Å²) in [6.07, 6.45) is 2.82. The van der Waals surface area contributed by atoms with Crippen LogP contribution in [0.25, 0.3) is 0 Å². The van der Waals surface area contributed by atoms with Crippen molar-refractivity contribution in [2.45, 2.75) is 6.42 Å². The molecule has 1 fully saturated rings. The van der Waals surface area contributed by atoms with Crippen LogP contribution in [0.1, 0.15) is 12.0 Å². The predicted octanol–water partition coefficient (Wildman–Crippen LogP) is 1.43. The average molecular weight is 217 g/mol. The Morgan fingerprint density at radius 1 is 1.69 bits per heavy atom. The fourth-order valence-electron chi connectivity index (χ4n) is 1.99. The van der Waals surface area contributed by atoms with Crippen LogP contribution in [0.15, 0.2) is 18.3 Å². The minimum atomic E-state index is 0.554. The topological polar surface area (TPSA) is 49.1 Å². The monoisotopic (exact) mass is 217 g/mol. The van der Waals surface area contributed by atoms with Gasteiger partial charge in [-0.05, 0) is 18.6 Å². The largest absolute Gasteiger partial charge is 0.381 e. The molecule has 0 aromatic carbocycles. The van der Waals surface area contributed by atoms with Gasteiger partial charge in [-0.2, -0.15) is 5.26 Å². The van der Waals surface area contributed by atoms with Crippen molar-refractivity contribution >= 4 is 5.82 Å². The van der Waals surface area contributed by atoms with Crippen LogP contribution >= 0.6 is 0 Å². The highest BCUT2D eigenvalue weighted by atomic mass is 16.5. The lowest BCUT2D eigenvalue weighted by Gasteiger charge is -2.21. The Bertz CT molecular complexity index is 393. The van der Waals surface area contributed by atoms with Gasteiger partial charge in [0.25, 0.3) is 0 Å². The Hall–Kier alpha value is -1.60. The molecule has 0 radical (unpaired) electrons. The molecule has 0 amide bonds. The van der Waals surface area contributed by atoms with Crippen molar-refractivity contribution in [2.75, 3.05) is 31.7 Å².